The van der Waals surface area contributed by atoms with Crippen molar-refractivity contribution in [2.75, 3.05) is 17.8 Å². The molecular formula is C17H19N8O6-. The number of ether oxygens (including phenoxy) is 1. The average molecular weight is 431 g/mol. The van der Waals surface area contributed by atoms with E-state index < -0.39 is 36.0 Å². The molecule has 164 valence electrons. The maximum absolute atomic E-state index is 10.8. The topological polar surface area (TPSA) is 213 Å². The molecule has 3 heterocycles. The standard InChI is InChI=1S/C17H19N8O6/c18-14-11-15(20-7-19-14)24(16-13(28)12(27)10(6-26)31-16)17(22-11)23-21-5-8-1-3-9(4-2-8)25(29)30/h1-5,7,10,12-13,16,21,26-28H,6H2,(H3-,18,19,20,22,23,29,30)/q-1. The van der Waals surface area contributed by atoms with Crippen molar-refractivity contribution in [3.05, 3.63) is 52.8 Å². The maximum Gasteiger partial charge on any atom is 0.226 e. The first-order valence-electron chi connectivity index (χ1n) is 9.10. The van der Waals surface area contributed by atoms with Crippen molar-refractivity contribution in [1.29, 1.82) is 0 Å². The van der Waals surface area contributed by atoms with Crippen LogP contribution in [0.15, 0.2) is 42.4 Å². The fourth-order valence-corrected chi connectivity index (χ4v) is 3.22. The summed E-state index contributed by atoms with van der Waals surface area (Å²) >= 11 is 0. The highest BCUT2D eigenvalue weighted by Crippen LogP contribution is 2.34. The summed E-state index contributed by atoms with van der Waals surface area (Å²) < 4.78 is 6.98. The Morgan fingerprint density at radius 2 is 1.94 bits per heavy atom. The number of fused-ring (bicyclic) bond motifs is 1. The fraction of sp³-hybridized carbons (Fsp3) is 0.294. The Hall–Kier alpha value is -3.72. The Morgan fingerprint density at radius 3 is 2.58 bits per heavy atom. The van der Waals surface area contributed by atoms with E-state index in [0.717, 1.165) is 0 Å². The average Bonchev–Trinajstić information content (AvgIpc) is 3.26. The van der Waals surface area contributed by atoms with Crippen LogP contribution in [0.3, 0.4) is 0 Å². The zero-order valence-electron chi connectivity index (χ0n) is 15.9. The second kappa shape index (κ2) is 8.19. The molecule has 0 spiro atoms. The summed E-state index contributed by atoms with van der Waals surface area (Å²) in [5.41, 5.74) is 12.6. The number of nitrogens with two attached hydrogens (primary N) is 1. The highest BCUT2D eigenvalue weighted by Gasteiger charge is 2.45. The van der Waals surface area contributed by atoms with Gasteiger partial charge in [-0.05, 0) is 17.7 Å². The van der Waals surface area contributed by atoms with Crippen LogP contribution >= 0.6 is 0 Å². The molecule has 4 atom stereocenters. The summed E-state index contributed by atoms with van der Waals surface area (Å²) in [5.74, 6) is 0.230. The van der Waals surface area contributed by atoms with E-state index in [2.05, 4.69) is 25.8 Å². The lowest BCUT2D eigenvalue weighted by Crippen LogP contribution is -2.33. The van der Waals surface area contributed by atoms with Crippen molar-refractivity contribution < 1.29 is 25.0 Å². The van der Waals surface area contributed by atoms with Gasteiger partial charge in [-0.2, -0.15) is 4.90 Å². The van der Waals surface area contributed by atoms with E-state index >= 15 is 0 Å². The van der Waals surface area contributed by atoms with Gasteiger partial charge in [0.15, 0.2) is 23.2 Å². The Bertz CT molecular complexity index is 1090. The number of aliphatic hydroxyl groups is 3. The number of anilines is 2. The van der Waals surface area contributed by atoms with Crippen molar-refractivity contribution in [3.8, 4) is 0 Å². The lowest BCUT2D eigenvalue weighted by molar-refractivity contribution is -0.377. The molecule has 4 unspecified atom stereocenters. The minimum atomic E-state index is -1.37. The Morgan fingerprint density at radius 1 is 1.19 bits per heavy atom. The van der Waals surface area contributed by atoms with E-state index in [9.17, 15) is 25.7 Å². The minimum Gasteiger partial charge on any atom is -0.612 e. The number of hydrazine groups is 1. The number of nitrogens with zero attached hydrogens (tertiary/aromatic N) is 5. The van der Waals surface area contributed by atoms with Crippen LogP contribution in [0.5, 0.6) is 0 Å². The van der Waals surface area contributed by atoms with E-state index in [1.807, 2.05) is 0 Å². The number of aromatic nitrogens is 4. The van der Waals surface area contributed by atoms with Crippen molar-refractivity contribution >= 4 is 28.6 Å². The molecule has 14 nitrogen and oxygen atoms in total. The Balaban J connectivity index is 1.63. The van der Waals surface area contributed by atoms with Crippen molar-refractivity contribution in [2.45, 2.75) is 24.5 Å². The van der Waals surface area contributed by atoms with Gasteiger partial charge in [0.1, 0.15) is 24.6 Å². The van der Waals surface area contributed by atoms with Crippen molar-refractivity contribution in [1.82, 2.24) is 24.9 Å². The van der Waals surface area contributed by atoms with Gasteiger partial charge in [-0.25, -0.2) is 15.0 Å². The molecule has 14 heteroatoms. The molecule has 1 saturated heterocycles. The van der Waals surface area contributed by atoms with Gasteiger partial charge in [0.2, 0.25) is 11.7 Å². The molecule has 0 amide bonds. The fourth-order valence-electron chi connectivity index (χ4n) is 3.22. The number of nitrogens with one attached hydrogen (secondary N) is 2. The maximum atomic E-state index is 10.8. The normalized spacial score (nSPS) is 25.3. The molecule has 4 rings (SSSR count). The predicted molar refractivity (Wildman–Crippen MR) is 108 cm³/mol. The van der Waals surface area contributed by atoms with Crippen LogP contribution < -0.4 is 16.6 Å². The first-order chi connectivity index (χ1) is 14.9. The number of imidazole rings is 1. The van der Waals surface area contributed by atoms with Gasteiger partial charge in [0.25, 0.3) is 0 Å². The molecule has 0 radical (unpaired) electrons. The third kappa shape index (κ3) is 3.75. The van der Waals surface area contributed by atoms with E-state index in [1.165, 1.54) is 29.2 Å². The smallest absolute Gasteiger partial charge is 0.226 e. The highest BCUT2D eigenvalue weighted by molar-refractivity contribution is 6.02. The van der Waals surface area contributed by atoms with Crippen LogP contribution in [0.4, 0.5) is 11.8 Å². The molecule has 1 aliphatic heterocycles. The molecule has 2 aliphatic rings. The molecule has 0 aromatic carbocycles. The second-order valence-corrected chi connectivity index (χ2v) is 6.73. The first kappa shape index (κ1) is 20.5. The summed E-state index contributed by atoms with van der Waals surface area (Å²) in [5, 5.41) is 51.4. The molecule has 7 N–H and O–H groups in total. The molecule has 2 aromatic rings. The number of aliphatic hydroxyl groups excluding tert-OH is 3. The van der Waals surface area contributed by atoms with Gasteiger partial charge < -0.3 is 41.6 Å². The summed E-state index contributed by atoms with van der Waals surface area (Å²) in [6, 6.07) is 0. The minimum absolute atomic E-state index is 0.0367. The second-order valence-electron chi connectivity index (χ2n) is 6.73. The van der Waals surface area contributed by atoms with Gasteiger partial charge in [0.05, 0.1) is 6.61 Å². The van der Waals surface area contributed by atoms with E-state index in [0.29, 0.717) is 5.57 Å². The zero-order valence-corrected chi connectivity index (χ0v) is 15.9. The van der Waals surface area contributed by atoms with Crippen LogP contribution in [0.25, 0.3) is 11.2 Å². The first-order valence-corrected chi connectivity index (χ1v) is 9.10. The highest BCUT2D eigenvalue weighted by atomic mass is 16.8. The third-order valence-electron chi connectivity index (χ3n) is 4.80. The summed E-state index contributed by atoms with van der Waals surface area (Å²) in [4.78, 5) is 11.9. The lowest BCUT2D eigenvalue weighted by Gasteiger charge is -2.19. The number of hydrogen-bond acceptors (Lipinski definition) is 12. The van der Waals surface area contributed by atoms with Gasteiger partial charge >= 0.3 is 0 Å². The van der Waals surface area contributed by atoms with Crippen molar-refractivity contribution in [3.63, 3.8) is 0 Å². The molecule has 31 heavy (non-hydrogen) atoms. The third-order valence-corrected chi connectivity index (χ3v) is 4.80. The van der Waals surface area contributed by atoms with E-state index in [1.54, 1.807) is 12.2 Å². The van der Waals surface area contributed by atoms with Crippen LogP contribution in [0.1, 0.15) is 6.23 Å². The summed E-state index contributed by atoms with van der Waals surface area (Å²) in [7, 11) is 0. The summed E-state index contributed by atoms with van der Waals surface area (Å²) in [6.07, 6.45) is 3.76. The summed E-state index contributed by atoms with van der Waals surface area (Å²) in [6.45, 7) is -0.493. The molecule has 2 aromatic heterocycles. The van der Waals surface area contributed by atoms with Crippen LogP contribution in [-0.4, -0.2) is 70.4 Å². The Kier molecular flexibility index (Phi) is 5.43. The predicted octanol–water partition coefficient (Wildman–Crippen LogP) is -1.60. The molecular weight excluding hydrogens is 412 g/mol. The lowest BCUT2D eigenvalue weighted by atomic mass is 10.1. The molecule has 1 fully saturated rings. The van der Waals surface area contributed by atoms with Crippen molar-refractivity contribution in [2.24, 2.45) is 0 Å². The SMILES string of the molecule is Nc1ncnc2c1nc(NNC=C1C=CC(=[N+]([O-])[O-])C=C1)n2C1OC(CO)C(O)C1O. The van der Waals surface area contributed by atoms with Crippen LogP contribution in [0, 0.1) is 10.4 Å². The number of hydrogen-bond donors (Lipinski definition) is 6. The molecule has 0 saturated carbocycles. The largest absolute Gasteiger partial charge is 0.612 e. The van der Waals surface area contributed by atoms with Gasteiger partial charge in [-0.3, -0.25) is 9.99 Å². The van der Waals surface area contributed by atoms with Gasteiger partial charge in [0, 0.05) is 18.4 Å². The van der Waals surface area contributed by atoms with E-state index in [-0.39, 0.29) is 28.6 Å². The number of allylic oxidation sites excluding steroid dienone is 5. The Labute approximate surface area is 174 Å². The number of rotatable bonds is 5. The van der Waals surface area contributed by atoms with Crippen LogP contribution in [0.2, 0.25) is 0 Å². The molecule has 0 bridgehead atoms. The van der Waals surface area contributed by atoms with Gasteiger partial charge in [-0.15, -0.1) is 0 Å². The zero-order chi connectivity index (χ0) is 22.1. The van der Waals surface area contributed by atoms with E-state index in [4.69, 9.17) is 10.5 Å². The van der Waals surface area contributed by atoms with Crippen LogP contribution in [-0.2, 0) is 4.74 Å². The number of nitrogen functional groups attached to an aromatic ring is 1. The quantitative estimate of drug-likeness (QED) is 0.233. The van der Waals surface area contributed by atoms with Gasteiger partial charge in [-0.1, -0.05) is 0 Å². The monoisotopic (exact) mass is 431 g/mol. The molecule has 1 aliphatic carbocycles.